The first-order chi connectivity index (χ1) is 9.54. The average Bonchev–Trinajstić information content (AvgIpc) is 2.94. The molecule has 0 bridgehead atoms. The molecular formula is C13H8ClFN2O2S. The Morgan fingerprint density at radius 1 is 1.50 bits per heavy atom. The number of carboxylic acids is 1. The molecule has 0 aliphatic carbocycles. The van der Waals surface area contributed by atoms with Crippen molar-refractivity contribution in [3.8, 4) is 11.3 Å². The molecule has 0 aliphatic rings. The van der Waals surface area contributed by atoms with E-state index in [0.717, 1.165) is 0 Å². The summed E-state index contributed by atoms with van der Waals surface area (Å²) in [5.41, 5.74) is 1.98. The van der Waals surface area contributed by atoms with Crippen LogP contribution in [0.25, 0.3) is 16.2 Å². The summed E-state index contributed by atoms with van der Waals surface area (Å²) in [5, 5.41) is 10.6. The van der Waals surface area contributed by atoms with Crippen LogP contribution in [-0.4, -0.2) is 20.5 Å². The molecule has 0 saturated carbocycles. The quantitative estimate of drug-likeness (QED) is 0.805. The van der Waals surface area contributed by atoms with Crippen LogP contribution in [0, 0.1) is 5.82 Å². The van der Waals surface area contributed by atoms with Crippen LogP contribution in [-0.2, 0) is 11.2 Å². The molecule has 102 valence electrons. The van der Waals surface area contributed by atoms with E-state index in [-0.39, 0.29) is 11.4 Å². The largest absolute Gasteiger partial charge is 0.481 e. The van der Waals surface area contributed by atoms with Gasteiger partial charge >= 0.3 is 5.97 Å². The lowest BCUT2D eigenvalue weighted by Crippen LogP contribution is -2.02. The highest BCUT2D eigenvalue weighted by Crippen LogP contribution is 2.27. The van der Waals surface area contributed by atoms with E-state index >= 15 is 0 Å². The number of halogens is 2. The molecule has 0 saturated heterocycles. The van der Waals surface area contributed by atoms with Gasteiger partial charge in [0.05, 0.1) is 17.1 Å². The molecule has 0 atom stereocenters. The number of carboxylic acid groups (broad SMARTS) is 1. The SMILES string of the molecule is O=C(O)Cc1csc2nc(-c3ccc(F)c(Cl)c3)cn12. The third kappa shape index (κ3) is 2.28. The van der Waals surface area contributed by atoms with E-state index < -0.39 is 11.8 Å². The number of imidazole rings is 1. The third-order valence-corrected chi connectivity index (χ3v) is 4.01. The van der Waals surface area contributed by atoms with Gasteiger partial charge in [-0.1, -0.05) is 11.6 Å². The average molecular weight is 311 g/mol. The molecule has 0 spiro atoms. The zero-order valence-electron chi connectivity index (χ0n) is 10.0. The van der Waals surface area contributed by atoms with Crippen LogP contribution in [0.3, 0.4) is 0 Å². The van der Waals surface area contributed by atoms with Gasteiger partial charge in [0.2, 0.25) is 0 Å². The lowest BCUT2D eigenvalue weighted by atomic mass is 10.2. The van der Waals surface area contributed by atoms with Crippen LogP contribution in [0.5, 0.6) is 0 Å². The van der Waals surface area contributed by atoms with Crippen molar-refractivity contribution in [2.75, 3.05) is 0 Å². The lowest BCUT2D eigenvalue weighted by molar-refractivity contribution is -0.136. The number of rotatable bonds is 3. The summed E-state index contributed by atoms with van der Waals surface area (Å²) in [7, 11) is 0. The fourth-order valence-corrected chi connectivity index (χ4v) is 2.96. The molecule has 1 aromatic carbocycles. The van der Waals surface area contributed by atoms with E-state index in [2.05, 4.69) is 4.98 Å². The van der Waals surface area contributed by atoms with Gasteiger partial charge in [-0.25, -0.2) is 9.37 Å². The van der Waals surface area contributed by atoms with Gasteiger partial charge in [0.1, 0.15) is 5.82 Å². The minimum atomic E-state index is -0.898. The minimum absolute atomic E-state index is 0.0321. The van der Waals surface area contributed by atoms with E-state index in [9.17, 15) is 9.18 Å². The number of nitrogens with zero attached hydrogens (tertiary/aromatic N) is 2. The van der Waals surface area contributed by atoms with Crippen molar-refractivity contribution in [3.05, 3.63) is 46.3 Å². The number of hydrogen-bond acceptors (Lipinski definition) is 3. The van der Waals surface area contributed by atoms with Crippen LogP contribution in [0.1, 0.15) is 5.69 Å². The number of aliphatic carboxylic acids is 1. The van der Waals surface area contributed by atoms with Crippen molar-refractivity contribution in [3.63, 3.8) is 0 Å². The van der Waals surface area contributed by atoms with Crippen LogP contribution in [0.4, 0.5) is 4.39 Å². The zero-order chi connectivity index (χ0) is 14.3. The number of fused-ring (bicyclic) bond motifs is 1. The monoisotopic (exact) mass is 310 g/mol. The maximum absolute atomic E-state index is 13.1. The molecule has 3 rings (SSSR count). The number of thiazole rings is 1. The summed E-state index contributed by atoms with van der Waals surface area (Å²) >= 11 is 7.11. The summed E-state index contributed by atoms with van der Waals surface area (Å²) in [4.78, 5) is 15.9. The first kappa shape index (κ1) is 13.1. The van der Waals surface area contributed by atoms with Gasteiger partial charge < -0.3 is 5.11 Å². The van der Waals surface area contributed by atoms with E-state index in [1.165, 1.54) is 23.5 Å². The van der Waals surface area contributed by atoms with Gasteiger partial charge in [0, 0.05) is 22.8 Å². The maximum atomic E-state index is 13.1. The van der Waals surface area contributed by atoms with Crippen LogP contribution < -0.4 is 0 Å². The van der Waals surface area contributed by atoms with Crippen LogP contribution in [0.15, 0.2) is 29.8 Å². The summed E-state index contributed by atoms with van der Waals surface area (Å²) in [6.07, 6.45) is 1.66. The van der Waals surface area contributed by atoms with Gasteiger partial charge in [-0.15, -0.1) is 11.3 Å². The number of hydrogen-bond donors (Lipinski definition) is 1. The number of carbonyl (C=O) groups is 1. The second kappa shape index (κ2) is 4.88. The molecule has 0 radical (unpaired) electrons. The molecule has 0 fully saturated rings. The Labute approximate surface area is 122 Å². The number of benzene rings is 1. The Morgan fingerprint density at radius 2 is 2.30 bits per heavy atom. The highest BCUT2D eigenvalue weighted by molar-refractivity contribution is 7.15. The Morgan fingerprint density at radius 3 is 3.00 bits per heavy atom. The summed E-state index contributed by atoms with van der Waals surface area (Å²) in [6.45, 7) is 0. The van der Waals surface area contributed by atoms with Gasteiger partial charge in [0.15, 0.2) is 4.96 Å². The summed E-state index contributed by atoms with van der Waals surface area (Å²) in [6, 6.07) is 4.37. The molecule has 0 unspecified atom stereocenters. The molecule has 2 aromatic heterocycles. The van der Waals surface area contributed by atoms with Gasteiger partial charge in [0.25, 0.3) is 0 Å². The lowest BCUT2D eigenvalue weighted by Gasteiger charge is -1.98. The van der Waals surface area contributed by atoms with E-state index in [0.29, 0.717) is 21.9 Å². The second-order valence-corrected chi connectivity index (χ2v) is 5.45. The number of aromatic nitrogens is 2. The predicted molar refractivity (Wildman–Crippen MR) is 74.8 cm³/mol. The van der Waals surface area contributed by atoms with Crippen molar-refractivity contribution in [2.24, 2.45) is 0 Å². The first-order valence-corrected chi connectivity index (χ1v) is 6.93. The molecular weight excluding hydrogens is 303 g/mol. The minimum Gasteiger partial charge on any atom is -0.481 e. The van der Waals surface area contributed by atoms with Crippen molar-refractivity contribution in [2.45, 2.75) is 6.42 Å². The molecule has 0 amide bonds. The maximum Gasteiger partial charge on any atom is 0.309 e. The Bertz CT molecular complexity index is 812. The van der Waals surface area contributed by atoms with Gasteiger partial charge in [-0.3, -0.25) is 9.20 Å². The zero-order valence-corrected chi connectivity index (χ0v) is 11.6. The van der Waals surface area contributed by atoms with Crippen molar-refractivity contribution in [1.82, 2.24) is 9.38 Å². The topological polar surface area (TPSA) is 54.6 Å². The molecule has 4 nitrogen and oxygen atoms in total. The first-order valence-electron chi connectivity index (χ1n) is 5.67. The smallest absolute Gasteiger partial charge is 0.309 e. The standard InChI is InChI=1S/C13H8ClFN2O2S/c14-9-3-7(1-2-10(9)15)11-5-17-8(4-12(18)19)6-20-13(17)16-11/h1-3,5-6H,4H2,(H,18,19). The van der Waals surface area contributed by atoms with Crippen molar-refractivity contribution in [1.29, 1.82) is 0 Å². The highest BCUT2D eigenvalue weighted by atomic mass is 35.5. The van der Waals surface area contributed by atoms with Gasteiger partial charge in [-0.2, -0.15) is 0 Å². The molecule has 0 aliphatic heterocycles. The summed E-state index contributed by atoms with van der Waals surface area (Å²) < 4.78 is 14.9. The van der Waals surface area contributed by atoms with E-state index in [1.807, 2.05) is 0 Å². The molecule has 2 heterocycles. The predicted octanol–water partition coefficient (Wildman–Crippen LogP) is 3.48. The summed E-state index contributed by atoms with van der Waals surface area (Å²) in [5.74, 6) is -1.38. The molecule has 3 aromatic rings. The van der Waals surface area contributed by atoms with Crippen molar-refractivity contribution < 1.29 is 14.3 Å². The fraction of sp³-hybridized carbons (Fsp3) is 0.0769. The van der Waals surface area contributed by atoms with Gasteiger partial charge in [-0.05, 0) is 18.2 Å². The molecule has 7 heteroatoms. The third-order valence-electron chi connectivity index (χ3n) is 2.83. The molecule has 20 heavy (non-hydrogen) atoms. The Balaban J connectivity index is 2.06. The van der Waals surface area contributed by atoms with Crippen LogP contribution in [0.2, 0.25) is 5.02 Å². The van der Waals surface area contributed by atoms with Crippen LogP contribution >= 0.6 is 22.9 Å². The second-order valence-electron chi connectivity index (χ2n) is 4.21. The van der Waals surface area contributed by atoms with Crippen molar-refractivity contribution >= 4 is 33.9 Å². The fourth-order valence-electron chi connectivity index (χ4n) is 1.91. The normalized spacial score (nSPS) is 11.1. The van der Waals surface area contributed by atoms with E-state index in [4.69, 9.17) is 16.7 Å². The Hall–Kier alpha value is -1.92. The highest BCUT2D eigenvalue weighted by Gasteiger charge is 2.12. The Kier molecular flexibility index (Phi) is 3.19. The molecule has 1 N–H and O–H groups in total. The van der Waals surface area contributed by atoms with E-state index in [1.54, 1.807) is 22.0 Å².